The molecular formula is C18H21NO6S. The second kappa shape index (κ2) is 8.09. The van der Waals surface area contributed by atoms with Gasteiger partial charge in [-0.15, -0.1) is 11.3 Å². The molecule has 0 bridgehead atoms. The van der Waals surface area contributed by atoms with Gasteiger partial charge in [-0.05, 0) is 19.4 Å². The molecule has 140 valence electrons. The molecule has 1 N–H and O–H groups in total. The molecule has 2 rings (SSSR count). The molecule has 0 aliphatic rings. The first-order chi connectivity index (χ1) is 12.4. The molecule has 1 aromatic carbocycles. The summed E-state index contributed by atoms with van der Waals surface area (Å²) in [4.78, 5) is 25.8. The fraction of sp³-hybridized carbons (Fsp3) is 0.333. The van der Waals surface area contributed by atoms with E-state index in [1.807, 2.05) is 13.8 Å². The molecule has 1 heterocycles. The maximum atomic E-state index is 12.8. The lowest BCUT2D eigenvalue weighted by Gasteiger charge is -2.14. The van der Waals surface area contributed by atoms with Crippen LogP contribution in [0.25, 0.3) is 0 Å². The first-order valence-corrected chi connectivity index (χ1v) is 8.49. The molecule has 0 aliphatic heterocycles. The average Bonchev–Trinajstić information content (AvgIpc) is 2.93. The van der Waals surface area contributed by atoms with Crippen LogP contribution < -0.4 is 19.5 Å². The van der Waals surface area contributed by atoms with E-state index in [1.165, 1.54) is 45.8 Å². The Kier molecular flexibility index (Phi) is 6.10. The number of benzene rings is 1. The maximum absolute atomic E-state index is 12.8. The molecule has 0 spiro atoms. The summed E-state index contributed by atoms with van der Waals surface area (Å²) in [5, 5.41) is 3.19. The number of esters is 1. The van der Waals surface area contributed by atoms with Gasteiger partial charge < -0.3 is 24.3 Å². The van der Waals surface area contributed by atoms with Gasteiger partial charge in [0.05, 0.1) is 39.6 Å². The second-order valence-corrected chi connectivity index (χ2v) is 6.57. The molecule has 0 aliphatic carbocycles. The highest BCUT2D eigenvalue weighted by Gasteiger charge is 2.24. The lowest BCUT2D eigenvalue weighted by molar-refractivity contribution is 0.0601. The Morgan fingerprint density at radius 3 is 2.04 bits per heavy atom. The molecule has 0 radical (unpaired) electrons. The van der Waals surface area contributed by atoms with Gasteiger partial charge in [0.2, 0.25) is 0 Å². The number of anilines is 1. The van der Waals surface area contributed by atoms with Crippen LogP contribution >= 0.6 is 11.3 Å². The zero-order valence-corrected chi connectivity index (χ0v) is 16.3. The van der Waals surface area contributed by atoms with Gasteiger partial charge in [0, 0.05) is 17.0 Å². The summed E-state index contributed by atoms with van der Waals surface area (Å²) in [7, 11) is 5.74. The summed E-state index contributed by atoms with van der Waals surface area (Å²) >= 11 is 1.31. The topological polar surface area (TPSA) is 83.1 Å². The van der Waals surface area contributed by atoms with E-state index in [2.05, 4.69) is 5.32 Å². The molecule has 2 aromatic rings. The number of ether oxygens (including phenoxy) is 4. The van der Waals surface area contributed by atoms with Gasteiger partial charge in [-0.25, -0.2) is 4.79 Å². The van der Waals surface area contributed by atoms with E-state index in [1.54, 1.807) is 6.07 Å². The lowest BCUT2D eigenvalue weighted by Crippen LogP contribution is -2.15. The predicted molar refractivity (Wildman–Crippen MR) is 99.2 cm³/mol. The van der Waals surface area contributed by atoms with Crippen LogP contribution in [0.15, 0.2) is 12.1 Å². The normalized spacial score (nSPS) is 10.2. The van der Waals surface area contributed by atoms with Crippen LogP contribution in [0.5, 0.6) is 17.2 Å². The number of nitrogens with one attached hydrogen (secondary N) is 1. The number of methoxy groups -OCH3 is 4. The molecule has 1 amide bonds. The van der Waals surface area contributed by atoms with Crippen molar-refractivity contribution in [1.82, 2.24) is 0 Å². The summed E-state index contributed by atoms with van der Waals surface area (Å²) < 4.78 is 20.6. The highest BCUT2D eigenvalue weighted by atomic mass is 32.1. The lowest BCUT2D eigenvalue weighted by atomic mass is 10.1. The number of amides is 1. The zero-order chi connectivity index (χ0) is 19.4. The van der Waals surface area contributed by atoms with Gasteiger partial charge in [0.25, 0.3) is 5.91 Å². The van der Waals surface area contributed by atoms with Crippen LogP contribution in [0, 0.1) is 13.8 Å². The van der Waals surface area contributed by atoms with Crippen molar-refractivity contribution in [3.05, 3.63) is 33.7 Å². The molecule has 0 fully saturated rings. The maximum Gasteiger partial charge on any atom is 0.341 e. The van der Waals surface area contributed by atoms with Crippen molar-refractivity contribution in [2.45, 2.75) is 13.8 Å². The van der Waals surface area contributed by atoms with Crippen LogP contribution in [-0.2, 0) is 4.74 Å². The van der Waals surface area contributed by atoms with E-state index < -0.39 is 11.9 Å². The van der Waals surface area contributed by atoms with Crippen molar-refractivity contribution in [2.24, 2.45) is 0 Å². The predicted octanol–water partition coefficient (Wildman–Crippen LogP) is 3.43. The Hall–Kier alpha value is -2.74. The quantitative estimate of drug-likeness (QED) is 0.774. The summed E-state index contributed by atoms with van der Waals surface area (Å²) in [6.07, 6.45) is 0. The Morgan fingerprint density at radius 2 is 1.50 bits per heavy atom. The third kappa shape index (κ3) is 3.60. The molecule has 0 unspecified atom stereocenters. The minimum atomic E-state index is -0.499. The van der Waals surface area contributed by atoms with Crippen molar-refractivity contribution in [1.29, 1.82) is 0 Å². The molecule has 0 saturated carbocycles. The molecular weight excluding hydrogens is 358 g/mol. The second-order valence-electron chi connectivity index (χ2n) is 5.34. The molecule has 8 heteroatoms. The van der Waals surface area contributed by atoms with Crippen LogP contribution in [0.2, 0.25) is 0 Å². The summed E-state index contributed by atoms with van der Waals surface area (Å²) in [5.74, 6) is 0.226. The SMILES string of the molecule is COC(=O)c1c(NC(=O)c2cc(OC)c(OC)cc2OC)sc(C)c1C. The minimum Gasteiger partial charge on any atom is -0.496 e. The first-order valence-electron chi connectivity index (χ1n) is 7.67. The molecule has 0 atom stereocenters. The van der Waals surface area contributed by atoms with Gasteiger partial charge in [-0.3, -0.25) is 4.79 Å². The van der Waals surface area contributed by atoms with Crippen LogP contribution in [0.1, 0.15) is 31.2 Å². The third-order valence-corrected chi connectivity index (χ3v) is 5.07. The Bertz CT molecular complexity index is 843. The number of hydrogen-bond acceptors (Lipinski definition) is 7. The highest BCUT2D eigenvalue weighted by molar-refractivity contribution is 7.16. The van der Waals surface area contributed by atoms with Crippen molar-refractivity contribution >= 4 is 28.2 Å². The van der Waals surface area contributed by atoms with Crippen molar-refractivity contribution in [3.8, 4) is 17.2 Å². The van der Waals surface area contributed by atoms with Crippen molar-refractivity contribution < 1.29 is 28.5 Å². The number of aryl methyl sites for hydroxylation is 1. The smallest absolute Gasteiger partial charge is 0.341 e. The zero-order valence-electron chi connectivity index (χ0n) is 15.5. The number of hydrogen-bond donors (Lipinski definition) is 1. The summed E-state index contributed by atoms with van der Waals surface area (Å²) in [6.45, 7) is 3.68. The van der Waals surface area contributed by atoms with Gasteiger partial charge in [-0.2, -0.15) is 0 Å². The molecule has 1 aromatic heterocycles. The van der Waals surface area contributed by atoms with E-state index in [0.717, 1.165) is 10.4 Å². The van der Waals surface area contributed by atoms with Crippen molar-refractivity contribution in [3.63, 3.8) is 0 Å². The largest absolute Gasteiger partial charge is 0.496 e. The van der Waals surface area contributed by atoms with E-state index in [0.29, 0.717) is 27.8 Å². The average molecular weight is 379 g/mol. The molecule has 7 nitrogen and oxygen atoms in total. The van der Waals surface area contributed by atoms with E-state index in [4.69, 9.17) is 18.9 Å². The highest BCUT2D eigenvalue weighted by Crippen LogP contribution is 2.37. The van der Waals surface area contributed by atoms with Crippen LogP contribution in [0.4, 0.5) is 5.00 Å². The Morgan fingerprint density at radius 1 is 0.923 bits per heavy atom. The molecule has 26 heavy (non-hydrogen) atoms. The fourth-order valence-corrected chi connectivity index (χ4v) is 3.48. The molecule has 0 saturated heterocycles. The number of rotatable bonds is 6. The number of carbonyl (C=O) groups is 2. The third-order valence-electron chi connectivity index (χ3n) is 3.95. The summed E-state index contributed by atoms with van der Waals surface area (Å²) in [6, 6.07) is 3.10. The van der Waals surface area contributed by atoms with E-state index >= 15 is 0 Å². The Labute approximate surface area is 155 Å². The van der Waals surface area contributed by atoms with Gasteiger partial charge in [-0.1, -0.05) is 0 Å². The standard InChI is InChI=1S/C18H21NO6S/c1-9-10(2)26-17(15(9)18(21)25-6)19-16(20)11-7-13(23-4)14(24-5)8-12(11)22-3/h7-8H,1-6H3,(H,19,20). The first kappa shape index (κ1) is 19.6. The van der Waals surface area contributed by atoms with E-state index in [9.17, 15) is 9.59 Å². The monoisotopic (exact) mass is 379 g/mol. The van der Waals surface area contributed by atoms with Crippen molar-refractivity contribution in [2.75, 3.05) is 33.8 Å². The number of thiophene rings is 1. The van der Waals surface area contributed by atoms with Gasteiger partial charge in [0.1, 0.15) is 10.8 Å². The van der Waals surface area contributed by atoms with Gasteiger partial charge in [0.15, 0.2) is 11.5 Å². The van der Waals surface area contributed by atoms with Crippen LogP contribution in [-0.4, -0.2) is 40.3 Å². The van der Waals surface area contributed by atoms with E-state index in [-0.39, 0.29) is 5.56 Å². The Balaban J connectivity index is 2.46. The fourth-order valence-electron chi connectivity index (χ4n) is 2.44. The minimum absolute atomic E-state index is 0.254. The summed E-state index contributed by atoms with van der Waals surface area (Å²) in [5.41, 5.74) is 1.38. The number of carbonyl (C=O) groups excluding carboxylic acids is 2. The van der Waals surface area contributed by atoms with Crippen LogP contribution in [0.3, 0.4) is 0 Å². The van der Waals surface area contributed by atoms with Gasteiger partial charge >= 0.3 is 5.97 Å².